The number of halogens is 2. The van der Waals surface area contributed by atoms with E-state index < -0.39 is 17.3 Å². The number of hydrogen-bond acceptors (Lipinski definition) is 2. The molecule has 98 valence electrons. The summed E-state index contributed by atoms with van der Waals surface area (Å²) in [6.07, 6.45) is 0. The predicted molar refractivity (Wildman–Crippen MR) is 69.6 cm³/mol. The maximum absolute atomic E-state index is 13.5. The molecule has 0 radical (unpaired) electrons. The molecular weight excluding hydrogens is 271 g/mol. The minimum absolute atomic E-state index is 0.0436. The minimum atomic E-state index is -1.38. The second kappa shape index (κ2) is 5.28. The van der Waals surface area contributed by atoms with Crippen molar-refractivity contribution >= 4 is 17.6 Å². The van der Waals surface area contributed by atoms with E-state index in [2.05, 4.69) is 0 Å². The second-order valence-corrected chi connectivity index (χ2v) is 4.37. The van der Waals surface area contributed by atoms with Crippen molar-refractivity contribution in [3.63, 3.8) is 0 Å². The average molecular weight is 281 g/mol. The number of rotatable bonds is 3. The summed E-state index contributed by atoms with van der Waals surface area (Å²) in [6.45, 7) is 1.76. The third-order valence-electron chi connectivity index (χ3n) is 2.55. The summed E-state index contributed by atoms with van der Waals surface area (Å²) in [5.74, 6) is -1.83. The number of hydrogen-bond donors (Lipinski definition) is 1. The molecule has 0 aliphatic carbocycles. The SMILES string of the molecule is Cc1cc(Cl)ccc1Oc1cccc(F)c1C(=O)O. The van der Waals surface area contributed by atoms with Gasteiger partial charge in [-0.1, -0.05) is 17.7 Å². The maximum atomic E-state index is 13.5. The van der Waals surface area contributed by atoms with E-state index >= 15 is 0 Å². The van der Waals surface area contributed by atoms with Gasteiger partial charge in [0.1, 0.15) is 22.9 Å². The molecule has 5 heteroatoms. The molecule has 0 bridgehead atoms. The summed E-state index contributed by atoms with van der Waals surface area (Å²) in [4.78, 5) is 11.0. The number of benzene rings is 2. The molecule has 0 unspecified atom stereocenters. The van der Waals surface area contributed by atoms with E-state index in [0.717, 1.165) is 11.6 Å². The Balaban J connectivity index is 2.44. The van der Waals surface area contributed by atoms with Crippen molar-refractivity contribution in [1.29, 1.82) is 0 Å². The van der Waals surface area contributed by atoms with Crippen LogP contribution in [0.3, 0.4) is 0 Å². The van der Waals surface area contributed by atoms with E-state index in [1.54, 1.807) is 25.1 Å². The fourth-order valence-electron chi connectivity index (χ4n) is 1.64. The maximum Gasteiger partial charge on any atom is 0.342 e. The first-order valence-corrected chi connectivity index (χ1v) is 5.82. The van der Waals surface area contributed by atoms with Crippen LogP contribution in [-0.4, -0.2) is 11.1 Å². The lowest BCUT2D eigenvalue weighted by atomic mass is 10.2. The van der Waals surface area contributed by atoms with Gasteiger partial charge in [-0.25, -0.2) is 9.18 Å². The van der Waals surface area contributed by atoms with Crippen molar-refractivity contribution < 1.29 is 19.0 Å². The van der Waals surface area contributed by atoms with E-state index in [9.17, 15) is 9.18 Å². The number of ether oxygens (including phenoxy) is 1. The van der Waals surface area contributed by atoms with Crippen LogP contribution in [0.2, 0.25) is 5.02 Å². The zero-order chi connectivity index (χ0) is 14.0. The van der Waals surface area contributed by atoms with Crippen LogP contribution in [0.4, 0.5) is 4.39 Å². The fourth-order valence-corrected chi connectivity index (χ4v) is 1.87. The van der Waals surface area contributed by atoms with Gasteiger partial charge in [0.2, 0.25) is 0 Å². The molecule has 3 nitrogen and oxygen atoms in total. The minimum Gasteiger partial charge on any atom is -0.477 e. The Morgan fingerprint density at radius 3 is 2.63 bits per heavy atom. The van der Waals surface area contributed by atoms with Crippen LogP contribution in [-0.2, 0) is 0 Å². The summed E-state index contributed by atoms with van der Waals surface area (Å²) >= 11 is 5.82. The van der Waals surface area contributed by atoms with Gasteiger partial charge >= 0.3 is 5.97 Å². The number of carbonyl (C=O) groups is 1. The number of aromatic carboxylic acids is 1. The summed E-state index contributed by atoms with van der Waals surface area (Å²) in [6, 6.07) is 8.77. The third-order valence-corrected chi connectivity index (χ3v) is 2.78. The molecule has 0 atom stereocenters. The highest BCUT2D eigenvalue weighted by Crippen LogP contribution is 2.30. The smallest absolute Gasteiger partial charge is 0.342 e. The van der Waals surface area contributed by atoms with Crippen molar-refractivity contribution in [2.75, 3.05) is 0 Å². The number of carboxylic acid groups (broad SMARTS) is 1. The monoisotopic (exact) mass is 280 g/mol. The number of aryl methyl sites for hydroxylation is 1. The molecule has 0 heterocycles. The van der Waals surface area contributed by atoms with Crippen molar-refractivity contribution in [3.05, 3.63) is 58.4 Å². The van der Waals surface area contributed by atoms with Crippen LogP contribution in [0.5, 0.6) is 11.5 Å². The van der Waals surface area contributed by atoms with Gasteiger partial charge in [0, 0.05) is 5.02 Å². The molecular formula is C14H10ClFO3. The Kier molecular flexibility index (Phi) is 3.71. The Hall–Kier alpha value is -2.07. The van der Waals surface area contributed by atoms with Crippen LogP contribution in [0.25, 0.3) is 0 Å². The molecule has 0 saturated carbocycles. The zero-order valence-electron chi connectivity index (χ0n) is 9.98. The molecule has 2 rings (SSSR count). The van der Waals surface area contributed by atoms with Crippen LogP contribution < -0.4 is 4.74 Å². The van der Waals surface area contributed by atoms with E-state index in [-0.39, 0.29) is 5.75 Å². The highest BCUT2D eigenvalue weighted by molar-refractivity contribution is 6.30. The average Bonchev–Trinajstić information content (AvgIpc) is 2.32. The van der Waals surface area contributed by atoms with Crippen molar-refractivity contribution in [3.8, 4) is 11.5 Å². The van der Waals surface area contributed by atoms with Crippen LogP contribution in [0.1, 0.15) is 15.9 Å². The molecule has 2 aromatic carbocycles. The zero-order valence-corrected chi connectivity index (χ0v) is 10.7. The summed E-state index contributed by atoms with van der Waals surface area (Å²) in [7, 11) is 0. The van der Waals surface area contributed by atoms with Gasteiger partial charge in [-0.2, -0.15) is 0 Å². The van der Waals surface area contributed by atoms with Gasteiger partial charge in [0.05, 0.1) is 0 Å². The van der Waals surface area contributed by atoms with Crippen LogP contribution in [0, 0.1) is 12.7 Å². The van der Waals surface area contributed by atoms with Crippen LogP contribution in [0.15, 0.2) is 36.4 Å². The summed E-state index contributed by atoms with van der Waals surface area (Å²) in [5, 5.41) is 9.54. The van der Waals surface area contributed by atoms with E-state index in [1.807, 2.05) is 0 Å². The Morgan fingerprint density at radius 1 is 1.26 bits per heavy atom. The lowest BCUT2D eigenvalue weighted by Crippen LogP contribution is -2.03. The standard InChI is InChI=1S/C14H10ClFO3/c1-8-7-9(15)5-6-11(8)19-12-4-2-3-10(16)13(12)14(17)18/h2-7H,1H3,(H,17,18). The summed E-state index contributed by atoms with van der Waals surface area (Å²) < 4.78 is 18.9. The molecule has 1 N–H and O–H groups in total. The van der Waals surface area contributed by atoms with Gasteiger partial charge in [-0.3, -0.25) is 0 Å². The third kappa shape index (κ3) is 2.85. The molecule has 19 heavy (non-hydrogen) atoms. The van der Waals surface area contributed by atoms with Gasteiger partial charge < -0.3 is 9.84 Å². The highest BCUT2D eigenvalue weighted by Gasteiger charge is 2.17. The summed E-state index contributed by atoms with van der Waals surface area (Å²) in [5.41, 5.74) is 0.241. The first-order chi connectivity index (χ1) is 8.99. The lowest BCUT2D eigenvalue weighted by molar-refractivity contribution is 0.0689. The molecule has 0 amide bonds. The molecule has 2 aromatic rings. The fraction of sp³-hybridized carbons (Fsp3) is 0.0714. The normalized spacial score (nSPS) is 10.3. The molecule has 0 fully saturated rings. The molecule has 0 saturated heterocycles. The largest absolute Gasteiger partial charge is 0.477 e. The molecule has 0 aliphatic rings. The Bertz CT molecular complexity index is 641. The lowest BCUT2D eigenvalue weighted by Gasteiger charge is -2.11. The molecule has 0 aromatic heterocycles. The topological polar surface area (TPSA) is 46.5 Å². The van der Waals surface area contributed by atoms with E-state index in [4.69, 9.17) is 21.4 Å². The molecule has 0 spiro atoms. The predicted octanol–water partition coefficient (Wildman–Crippen LogP) is 4.28. The Morgan fingerprint density at radius 2 is 2.00 bits per heavy atom. The highest BCUT2D eigenvalue weighted by atomic mass is 35.5. The van der Waals surface area contributed by atoms with E-state index in [0.29, 0.717) is 10.8 Å². The quantitative estimate of drug-likeness (QED) is 0.913. The van der Waals surface area contributed by atoms with Crippen LogP contribution >= 0.6 is 11.6 Å². The Labute approximate surface area is 114 Å². The number of carboxylic acids is 1. The van der Waals surface area contributed by atoms with Gasteiger partial charge in [-0.05, 0) is 42.8 Å². The van der Waals surface area contributed by atoms with Crippen molar-refractivity contribution in [2.24, 2.45) is 0 Å². The second-order valence-electron chi connectivity index (χ2n) is 3.93. The first-order valence-electron chi connectivity index (χ1n) is 5.45. The molecule has 0 aliphatic heterocycles. The van der Waals surface area contributed by atoms with Crippen molar-refractivity contribution in [2.45, 2.75) is 6.92 Å². The van der Waals surface area contributed by atoms with E-state index in [1.165, 1.54) is 12.1 Å². The van der Waals surface area contributed by atoms with Gasteiger partial charge in [0.15, 0.2) is 0 Å². The first kappa shape index (κ1) is 13.4. The van der Waals surface area contributed by atoms with Gasteiger partial charge in [-0.15, -0.1) is 0 Å². The van der Waals surface area contributed by atoms with Crippen molar-refractivity contribution in [1.82, 2.24) is 0 Å². The van der Waals surface area contributed by atoms with Gasteiger partial charge in [0.25, 0.3) is 0 Å².